The summed E-state index contributed by atoms with van der Waals surface area (Å²) in [5, 5.41) is 0. The number of nitrogens with zero attached hydrogens (tertiary/aromatic N) is 1. The molecule has 0 aliphatic rings. The van der Waals surface area contributed by atoms with Gasteiger partial charge >= 0.3 is 0 Å². The lowest BCUT2D eigenvalue weighted by Gasteiger charge is -2.23. The third kappa shape index (κ3) is 3.36. The lowest BCUT2D eigenvalue weighted by Crippen LogP contribution is -2.30. The Hall–Kier alpha value is -1.59. The monoisotopic (exact) mass is 327 g/mol. The van der Waals surface area contributed by atoms with Crippen LogP contribution in [0.5, 0.6) is 0 Å². The number of hydrogen-bond donors (Lipinski definition) is 0. The Balaban J connectivity index is 2.41. The lowest BCUT2D eigenvalue weighted by atomic mass is 10.2. The van der Waals surface area contributed by atoms with Crippen LogP contribution in [0.4, 0.5) is 10.1 Å². The second kappa shape index (κ2) is 6.45. The van der Waals surface area contributed by atoms with Crippen LogP contribution in [-0.4, -0.2) is 15.0 Å². The highest BCUT2D eigenvalue weighted by Crippen LogP contribution is 2.24. The first kappa shape index (κ1) is 15.8. The third-order valence-electron chi connectivity index (χ3n) is 3.07. The van der Waals surface area contributed by atoms with Crippen LogP contribution in [0.1, 0.15) is 12.5 Å². The molecule has 0 radical (unpaired) electrons. The summed E-state index contributed by atoms with van der Waals surface area (Å²) in [5.74, 6) is -0.0749. The van der Waals surface area contributed by atoms with Crippen molar-refractivity contribution in [3.8, 4) is 0 Å². The van der Waals surface area contributed by atoms with Crippen molar-refractivity contribution in [2.24, 2.45) is 0 Å². The minimum Gasteiger partial charge on any atom is -0.267 e. The van der Waals surface area contributed by atoms with E-state index in [0.29, 0.717) is 11.6 Å². The molecule has 0 amide bonds. The minimum atomic E-state index is -3.67. The summed E-state index contributed by atoms with van der Waals surface area (Å²) in [4.78, 5) is 0.183. The maximum atomic E-state index is 13.0. The fourth-order valence-corrected chi connectivity index (χ4v) is 3.63. The van der Waals surface area contributed by atoms with E-state index in [-0.39, 0.29) is 11.4 Å². The van der Waals surface area contributed by atoms with Gasteiger partial charge in [0.2, 0.25) is 0 Å². The maximum absolute atomic E-state index is 13.0. The van der Waals surface area contributed by atoms with E-state index in [1.165, 1.54) is 40.7 Å². The third-order valence-corrected chi connectivity index (χ3v) is 5.29. The van der Waals surface area contributed by atoms with Crippen molar-refractivity contribution in [1.82, 2.24) is 0 Å². The standard InChI is InChI=1S/C15H15ClFNO2S/c1-2-18(14-7-5-13(17)6-8-14)21(19,20)15-9-3-12(11-16)4-10-15/h3-10H,2,11H2,1H3. The highest BCUT2D eigenvalue weighted by molar-refractivity contribution is 7.92. The second-order valence-electron chi connectivity index (χ2n) is 4.42. The molecule has 21 heavy (non-hydrogen) atoms. The summed E-state index contributed by atoms with van der Waals surface area (Å²) in [6, 6.07) is 11.8. The predicted octanol–water partition coefficient (Wildman–Crippen LogP) is 3.78. The number of alkyl halides is 1. The van der Waals surface area contributed by atoms with Gasteiger partial charge in [0.15, 0.2) is 0 Å². The molecule has 3 nitrogen and oxygen atoms in total. The molecule has 0 aliphatic heterocycles. The molecule has 0 heterocycles. The first-order valence-electron chi connectivity index (χ1n) is 6.42. The Morgan fingerprint density at radius 1 is 1.05 bits per heavy atom. The molecule has 0 saturated carbocycles. The lowest BCUT2D eigenvalue weighted by molar-refractivity contribution is 0.591. The van der Waals surface area contributed by atoms with Gasteiger partial charge in [0.05, 0.1) is 10.6 Å². The van der Waals surface area contributed by atoms with Crippen LogP contribution < -0.4 is 4.31 Å². The summed E-state index contributed by atoms with van der Waals surface area (Å²) in [6.07, 6.45) is 0. The second-order valence-corrected chi connectivity index (χ2v) is 6.55. The van der Waals surface area contributed by atoms with Gasteiger partial charge in [-0.15, -0.1) is 11.6 Å². The van der Waals surface area contributed by atoms with Gasteiger partial charge in [-0.3, -0.25) is 4.31 Å². The largest absolute Gasteiger partial charge is 0.267 e. The van der Waals surface area contributed by atoms with Gasteiger partial charge in [0.1, 0.15) is 5.82 Å². The van der Waals surface area contributed by atoms with Crippen molar-refractivity contribution in [2.75, 3.05) is 10.8 Å². The van der Waals surface area contributed by atoms with Gasteiger partial charge in [-0.25, -0.2) is 12.8 Å². The average molecular weight is 328 g/mol. The summed E-state index contributed by atoms with van der Waals surface area (Å²) >= 11 is 5.70. The summed E-state index contributed by atoms with van der Waals surface area (Å²) in [7, 11) is -3.67. The Labute approximate surface area is 129 Å². The quantitative estimate of drug-likeness (QED) is 0.784. The molecule has 0 aromatic heterocycles. The van der Waals surface area contributed by atoms with Crippen LogP contribution in [0, 0.1) is 5.82 Å². The van der Waals surface area contributed by atoms with E-state index in [4.69, 9.17) is 11.6 Å². The molecule has 0 atom stereocenters. The number of anilines is 1. The van der Waals surface area contributed by atoms with Crippen molar-refractivity contribution >= 4 is 27.3 Å². The zero-order valence-corrected chi connectivity index (χ0v) is 13.0. The van der Waals surface area contributed by atoms with E-state index in [9.17, 15) is 12.8 Å². The highest BCUT2D eigenvalue weighted by Gasteiger charge is 2.23. The van der Waals surface area contributed by atoms with Crippen LogP contribution in [0.25, 0.3) is 0 Å². The van der Waals surface area contributed by atoms with Crippen molar-refractivity contribution in [2.45, 2.75) is 17.7 Å². The fourth-order valence-electron chi connectivity index (χ4n) is 1.98. The topological polar surface area (TPSA) is 37.4 Å². The molecule has 2 aromatic carbocycles. The molecule has 0 spiro atoms. The SMILES string of the molecule is CCN(c1ccc(F)cc1)S(=O)(=O)c1ccc(CCl)cc1. The van der Waals surface area contributed by atoms with E-state index in [1.54, 1.807) is 19.1 Å². The molecule has 0 saturated heterocycles. The van der Waals surface area contributed by atoms with Gasteiger partial charge in [0.25, 0.3) is 10.0 Å². The summed E-state index contributed by atoms with van der Waals surface area (Å²) < 4.78 is 39.5. The number of hydrogen-bond acceptors (Lipinski definition) is 2. The van der Waals surface area contributed by atoms with Crippen LogP contribution in [0.3, 0.4) is 0 Å². The van der Waals surface area contributed by atoms with Gasteiger partial charge < -0.3 is 0 Å². The van der Waals surface area contributed by atoms with Crippen molar-refractivity contribution in [1.29, 1.82) is 0 Å². The molecule has 0 N–H and O–H groups in total. The van der Waals surface area contributed by atoms with E-state index in [1.807, 2.05) is 0 Å². The van der Waals surface area contributed by atoms with Crippen LogP contribution in [0.2, 0.25) is 0 Å². The molecule has 112 valence electrons. The van der Waals surface area contributed by atoms with Gasteiger partial charge in [-0.05, 0) is 48.9 Å². The Bertz CT molecular complexity index is 699. The van der Waals surface area contributed by atoms with E-state index in [2.05, 4.69) is 0 Å². The summed E-state index contributed by atoms with van der Waals surface area (Å²) in [6.45, 7) is 1.99. The molecular weight excluding hydrogens is 313 g/mol. The Kier molecular flexibility index (Phi) is 4.85. The molecule has 0 aliphatic carbocycles. The van der Waals surface area contributed by atoms with Crippen molar-refractivity contribution < 1.29 is 12.8 Å². The minimum absolute atomic E-state index is 0.183. The van der Waals surface area contributed by atoms with Gasteiger partial charge in [-0.1, -0.05) is 12.1 Å². The van der Waals surface area contributed by atoms with Crippen LogP contribution >= 0.6 is 11.6 Å². The van der Waals surface area contributed by atoms with E-state index in [0.717, 1.165) is 5.56 Å². The number of sulfonamides is 1. The molecule has 6 heteroatoms. The van der Waals surface area contributed by atoms with E-state index >= 15 is 0 Å². The first-order valence-corrected chi connectivity index (χ1v) is 8.39. The molecule has 0 unspecified atom stereocenters. The normalized spacial score (nSPS) is 11.4. The van der Waals surface area contributed by atoms with Gasteiger partial charge in [-0.2, -0.15) is 0 Å². The highest BCUT2D eigenvalue weighted by atomic mass is 35.5. The van der Waals surface area contributed by atoms with Crippen LogP contribution in [0.15, 0.2) is 53.4 Å². The molecule has 0 bridgehead atoms. The Morgan fingerprint density at radius 2 is 1.62 bits per heavy atom. The molecule has 0 fully saturated rings. The zero-order valence-electron chi connectivity index (χ0n) is 11.5. The summed E-state index contributed by atoms with van der Waals surface area (Å²) in [5.41, 5.74) is 1.28. The molecule has 2 aromatic rings. The Morgan fingerprint density at radius 3 is 2.10 bits per heavy atom. The number of rotatable bonds is 5. The van der Waals surface area contributed by atoms with Crippen molar-refractivity contribution in [3.63, 3.8) is 0 Å². The number of benzene rings is 2. The zero-order chi connectivity index (χ0) is 15.5. The smallest absolute Gasteiger partial charge is 0.264 e. The predicted molar refractivity (Wildman–Crippen MR) is 82.6 cm³/mol. The maximum Gasteiger partial charge on any atom is 0.264 e. The fraction of sp³-hybridized carbons (Fsp3) is 0.200. The number of halogens is 2. The average Bonchev–Trinajstić information content (AvgIpc) is 2.50. The van der Waals surface area contributed by atoms with Gasteiger partial charge in [0, 0.05) is 12.4 Å². The molecule has 2 rings (SSSR count). The van der Waals surface area contributed by atoms with E-state index < -0.39 is 15.8 Å². The van der Waals surface area contributed by atoms with Crippen molar-refractivity contribution in [3.05, 3.63) is 59.9 Å². The first-order chi connectivity index (χ1) is 9.98. The van der Waals surface area contributed by atoms with Crippen LogP contribution in [-0.2, 0) is 15.9 Å². The molecular formula is C15H15ClFNO2S.